The van der Waals surface area contributed by atoms with Crippen LogP contribution < -0.4 is 10.5 Å². The van der Waals surface area contributed by atoms with Crippen LogP contribution in [0.25, 0.3) is 11.0 Å². The topological polar surface area (TPSA) is 141 Å². The Morgan fingerprint density at radius 1 is 1.22 bits per heavy atom. The first-order valence-electron chi connectivity index (χ1n) is 11.7. The number of nitrogens with one attached hydrogen (secondary N) is 2. The SMILES string of the molecule is CC(=O)N(C)C1CCN(C(=O)C(Cc2ccc3nc[nH]c3c2)NS(=O)(=O)c2cc(Cl)c(N)c(Cl)c2)CC1. The minimum atomic E-state index is -4.19. The molecule has 2 amide bonds. The van der Waals surface area contributed by atoms with Gasteiger partial charge < -0.3 is 20.5 Å². The molecule has 0 radical (unpaired) electrons. The van der Waals surface area contributed by atoms with E-state index < -0.39 is 16.1 Å². The summed E-state index contributed by atoms with van der Waals surface area (Å²) in [5.41, 5.74) is 8.11. The van der Waals surface area contributed by atoms with Crippen molar-refractivity contribution in [2.45, 2.75) is 43.2 Å². The Labute approximate surface area is 225 Å². The third-order valence-electron chi connectivity index (χ3n) is 6.70. The maximum absolute atomic E-state index is 13.6. The number of aromatic amines is 1. The van der Waals surface area contributed by atoms with Gasteiger partial charge >= 0.3 is 0 Å². The molecule has 4 N–H and O–H groups in total. The summed E-state index contributed by atoms with van der Waals surface area (Å²) in [7, 11) is -2.44. The molecule has 1 aliphatic rings. The number of carbonyl (C=O) groups excluding carboxylic acids is 2. The van der Waals surface area contributed by atoms with Gasteiger partial charge in [0.1, 0.15) is 6.04 Å². The Bertz CT molecular complexity index is 1410. The zero-order valence-electron chi connectivity index (χ0n) is 20.4. The molecule has 1 atom stereocenters. The van der Waals surface area contributed by atoms with E-state index in [0.29, 0.717) is 25.9 Å². The maximum Gasteiger partial charge on any atom is 0.241 e. The number of aromatic nitrogens is 2. The third-order valence-corrected chi connectivity index (χ3v) is 8.78. The van der Waals surface area contributed by atoms with E-state index in [2.05, 4.69) is 14.7 Å². The number of nitrogen functional groups attached to an aromatic ring is 1. The van der Waals surface area contributed by atoms with E-state index in [0.717, 1.165) is 16.6 Å². The minimum absolute atomic E-state index is 0.00267. The highest BCUT2D eigenvalue weighted by Crippen LogP contribution is 2.31. The van der Waals surface area contributed by atoms with E-state index in [-0.39, 0.29) is 44.9 Å². The summed E-state index contributed by atoms with van der Waals surface area (Å²) in [4.78, 5) is 35.7. The highest BCUT2D eigenvalue weighted by atomic mass is 35.5. The van der Waals surface area contributed by atoms with Crippen LogP contribution in [0.15, 0.2) is 41.6 Å². The van der Waals surface area contributed by atoms with Gasteiger partial charge in [-0.3, -0.25) is 9.59 Å². The molecular weight excluding hydrogens is 539 g/mol. The summed E-state index contributed by atoms with van der Waals surface area (Å²) >= 11 is 12.1. The number of hydrogen-bond acceptors (Lipinski definition) is 6. The number of sulfonamides is 1. The van der Waals surface area contributed by atoms with Crippen LogP contribution in [0.4, 0.5) is 5.69 Å². The minimum Gasteiger partial charge on any atom is -0.396 e. The van der Waals surface area contributed by atoms with Crippen molar-refractivity contribution in [1.29, 1.82) is 0 Å². The molecule has 1 aromatic heterocycles. The number of amides is 2. The summed E-state index contributed by atoms with van der Waals surface area (Å²) < 4.78 is 29.2. The van der Waals surface area contributed by atoms with Gasteiger partial charge in [0, 0.05) is 33.1 Å². The molecule has 37 heavy (non-hydrogen) atoms. The first-order valence-corrected chi connectivity index (χ1v) is 13.9. The average molecular weight is 567 g/mol. The highest BCUT2D eigenvalue weighted by molar-refractivity contribution is 7.89. The Morgan fingerprint density at radius 3 is 2.49 bits per heavy atom. The summed E-state index contributed by atoms with van der Waals surface area (Å²) in [6.45, 7) is 2.31. The molecule has 0 bridgehead atoms. The molecule has 0 aliphatic carbocycles. The summed E-state index contributed by atoms with van der Waals surface area (Å²) in [6, 6.07) is 6.78. The van der Waals surface area contributed by atoms with Crippen molar-refractivity contribution in [2.75, 3.05) is 25.9 Å². The number of fused-ring (bicyclic) bond motifs is 1. The number of imidazole rings is 1. The molecular formula is C24H28Cl2N6O4S. The number of rotatable bonds is 7. The quantitative estimate of drug-likeness (QED) is 0.375. The van der Waals surface area contributed by atoms with Crippen molar-refractivity contribution in [3.05, 3.63) is 52.3 Å². The number of H-pyrrole nitrogens is 1. The number of halogens is 2. The fourth-order valence-corrected chi connectivity index (χ4v) is 6.30. The molecule has 2 heterocycles. The van der Waals surface area contributed by atoms with E-state index in [1.54, 1.807) is 29.2 Å². The van der Waals surface area contributed by atoms with Crippen LogP contribution in [-0.2, 0) is 26.0 Å². The molecule has 13 heteroatoms. The van der Waals surface area contributed by atoms with Crippen molar-refractivity contribution >= 4 is 61.8 Å². The number of benzene rings is 2. The average Bonchev–Trinajstić information content (AvgIpc) is 3.33. The van der Waals surface area contributed by atoms with Crippen molar-refractivity contribution in [3.8, 4) is 0 Å². The fourth-order valence-electron chi connectivity index (χ4n) is 4.45. The van der Waals surface area contributed by atoms with E-state index in [9.17, 15) is 18.0 Å². The molecule has 198 valence electrons. The van der Waals surface area contributed by atoms with Gasteiger partial charge in [0.15, 0.2) is 0 Å². The van der Waals surface area contributed by atoms with Crippen LogP contribution in [0.1, 0.15) is 25.3 Å². The lowest BCUT2D eigenvalue weighted by Crippen LogP contribution is -2.53. The van der Waals surface area contributed by atoms with Gasteiger partial charge in [0.25, 0.3) is 0 Å². The molecule has 1 fully saturated rings. The predicted octanol–water partition coefficient (Wildman–Crippen LogP) is 2.81. The number of hydrogen-bond donors (Lipinski definition) is 3. The van der Waals surface area contributed by atoms with Crippen LogP contribution >= 0.6 is 23.2 Å². The zero-order valence-corrected chi connectivity index (χ0v) is 22.7. The van der Waals surface area contributed by atoms with Crippen LogP contribution in [0.2, 0.25) is 10.0 Å². The van der Waals surface area contributed by atoms with Gasteiger partial charge in [-0.2, -0.15) is 4.72 Å². The number of nitrogens with two attached hydrogens (primary N) is 1. The monoisotopic (exact) mass is 566 g/mol. The second-order valence-corrected chi connectivity index (χ2v) is 11.6. The smallest absolute Gasteiger partial charge is 0.241 e. The lowest BCUT2D eigenvalue weighted by Gasteiger charge is -2.37. The van der Waals surface area contributed by atoms with Crippen molar-refractivity contribution in [1.82, 2.24) is 24.5 Å². The van der Waals surface area contributed by atoms with E-state index in [1.807, 2.05) is 12.1 Å². The maximum atomic E-state index is 13.6. The number of piperidine rings is 1. The van der Waals surface area contributed by atoms with Crippen LogP contribution in [0.3, 0.4) is 0 Å². The molecule has 4 rings (SSSR count). The lowest BCUT2D eigenvalue weighted by molar-refractivity contribution is -0.135. The lowest BCUT2D eigenvalue weighted by atomic mass is 10.0. The molecule has 2 aromatic carbocycles. The molecule has 1 aliphatic heterocycles. The molecule has 1 saturated heterocycles. The Balaban J connectivity index is 1.60. The van der Waals surface area contributed by atoms with Gasteiger partial charge in [-0.1, -0.05) is 29.3 Å². The molecule has 0 spiro atoms. The summed E-state index contributed by atoms with van der Waals surface area (Å²) in [5.74, 6) is -0.393. The van der Waals surface area contributed by atoms with Crippen LogP contribution in [-0.4, -0.2) is 72.2 Å². The van der Waals surface area contributed by atoms with E-state index >= 15 is 0 Å². The first kappa shape index (κ1) is 27.2. The van der Waals surface area contributed by atoms with Gasteiger partial charge in [-0.25, -0.2) is 13.4 Å². The second-order valence-electron chi connectivity index (χ2n) is 9.12. The van der Waals surface area contributed by atoms with Gasteiger partial charge in [-0.15, -0.1) is 0 Å². The first-order chi connectivity index (χ1) is 17.5. The molecule has 10 nitrogen and oxygen atoms in total. The van der Waals surface area contributed by atoms with Gasteiger partial charge in [-0.05, 0) is 49.1 Å². The van der Waals surface area contributed by atoms with Gasteiger partial charge in [0.2, 0.25) is 21.8 Å². The summed E-state index contributed by atoms with van der Waals surface area (Å²) in [5, 5.41) is -0.00535. The summed E-state index contributed by atoms with van der Waals surface area (Å²) in [6.07, 6.45) is 2.88. The van der Waals surface area contributed by atoms with Crippen molar-refractivity contribution < 1.29 is 18.0 Å². The predicted molar refractivity (Wildman–Crippen MR) is 143 cm³/mol. The van der Waals surface area contributed by atoms with Crippen molar-refractivity contribution in [2.24, 2.45) is 0 Å². The Morgan fingerprint density at radius 2 is 1.86 bits per heavy atom. The van der Waals surface area contributed by atoms with Crippen LogP contribution in [0.5, 0.6) is 0 Å². The number of likely N-dealkylation sites (tertiary alicyclic amines) is 1. The highest BCUT2D eigenvalue weighted by Gasteiger charge is 2.33. The standard InChI is InChI=1S/C24H28Cl2N6O4S/c1-14(33)31(2)16-5-7-32(8-6-16)24(34)22(10-15-3-4-20-21(9-15)29-13-28-20)30-37(35,36)17-11-18(25)23(27)19(26)12-17/h3-4,9,11-13,16,22,30H,5-8,10,27H2,1-2H3,(H,28,29). The van der Waals surface area contributed by atoms with E-state index in [1.165, 1.54) is 19.1 Å². The normalized spacial score (nSPS) is 15.6. The largest absolute Gasteiger partial charge is 0.396 e. The molecule has 1 unspecified atom stereocenters. The Kier molecular flexibility index (Phi) is 7.98. The third kappa shape index (κ3) is 6.01. The van der Waals surface area contributed by atoms with Crippen LogP contribution in [0, 0.1) is 0 Å². The number of nitrogens with zero attached hydrogens (tertiary/aromatic N) is 3. The van der Waals surface area contributed by atoms with Gasteiger partial charge in [0.05, 0.1) is 38.0 Å². The van der Waals surface area contributed by atoms with Crippen molar-refractivity contribution in [3.63, 3.8) is 0 Å². The second kappa shape index (κ2) is 10.9. The Hall–Kier alpha value is -2.86. The molecule has 0 saturated carbocycles. The van der Waals surface area contributed by atoms with E-state index in [4.69, 9.17) is 28.9 Å². The fraction of sp³-hybridized carbons (Fsp3) is 0.375. The molecule has 3 aromatic rings. The number of anilines is 1. The zero-order chi connectivity index (χ0) is 26.9. The number of carbonyl (C=O) groups is 2.